The highest BCUT2D eigenvalue weighted by molar-refractivity contribution is 8.32. The van der Waals surface area contributed by atoms with Crippen LogP contribution in [0.2, 0.25) is 0 Å². The number of carbonyl (C=O) groups is 2. The second-order valence-electron chi connectivity index (χ2n) is 8.79. The zero-order valence-electron chi connectivity index (χ0n) is 20.3. The minimum Gasteiger partial charge on any atom is -0.497 e. The lowest BCUT2D eigenvalue weighted by Crippen LogP contribution is -2.38. The summed E-state index contributed by atoms with van der Waals surface area (Å²) in [6.45, 7) is 1.28. The molecule has 3 rings (SSSR count). The van der Waals surface area contributed by atoms with E-state index in [2.05, 4.69) is 34.5 Å². The molecule has 1 unspecified atom stereocenters. The summed E-state index contributed by atoms with van der Waals surface area (Å²) in [5.74, 6) is -0.379. The molecule has 1 heterocycles. The molecule has 0 aliphatic carbocycles. The van der Waals surface area contributed by atoms with Gasteiger partial charge in [0.15, 0.2) is 0 Å². The molecule has 2 amide bonds. The number of anilines is 1. The van der Waals surface area contributed by atoms with E-state index in [0.29, 0.717) is 22.7 Å². The number of hydrogen-bond acceptors (Lipinski definition) is 4. The second-order valence-corrected chi connectivity index (χ2v) is 12.9. The van der Waals surface area contributed by atoms with Crippen molar-refractivity contribution >= 4 is 27.5 Å². The van der Waals surface area contributed by atoms with Crippen LogP contribution in [0.15, 0.2) is 59.5 Å². The van der Waals surface area contributed by atoms with Crippen molar-refractivity contribution in [1.29, 1.82) is 0 Å². The molecule has 0 bridgehead atoms. The van der Waals surface area contributed by atoms with E-state index in [9.17, 15) is 18.4 Å². The van der Waals surface area contributed by atoms with Crippen molar-refractivity contribution in [2.24, 2.45) is 0 Å². The molecule has 0 fully saturated rings. The van der Waals surface area contributed by atoms with Crippen LogP contribution in [0.3, 0.4) is 0 Å². The number of amides is 2. The van der Waals surface area contributed by atoms with Crippen LogP contribution in [-0.2, 0) is 16.1 Å². The Morgan fingerprint density at radius 2 is 1.69 bits per heavy atom. The van der Waals surface area contributed by atoms with E-state index in [0.717, 1.165) is 0 Å². The first-order valence-corrected chi connectivity index (χ1v) is 13.7. The van der Waals surface area contributed by atoms with Crippen LogP contribution in [0.25, 0.3) is 0 Å². The lowest BCUT2D eigenvalue weighted by atomic mass is 10.1. The van der Waals surface area contributed by atoms with E-state index in [1.165, 1.54) is 22.8 Å². The van der Waals surface area contributed by atoms with Gasteiger partial charge in [0, 0.05) is 11.4 Å². The third kappa shape index (κ3) is 6.82. The Bertz CT molecular complexity index is 1170. The van der Waals surface area contributed by atoms with Gasteiger partial charge in [-0.2, -0.15) is 5.10 Å². The fraction of sp³-hybridized carbons (Fsp3) is 0.320. The number of aromatic nitrogens is 2. The van der Waals surface area contributed by atoms with Gasteiger partial charge < -0.3 is 15.4 Å². The van der Waals surface area contributed by atoms with Gasteiger partial charge in [0.1, 0.15) is 24.0 Å². The van der Waals surface area contributed by atoms with Gasteiger partial charge >= 0.3 is 0 Å². The molecule has 1 atom stereocenters. The van der Waals surface area contributed by atoms with Crippen molar-refractivity contribution in [2.75, 3.05) is 31.2 Å². The number of benzene rings is 2. The third-order valence-corrected chi connectivity index (χ3v) is 7.05. The molecular weight excluding hydrogens is 474 g/mol. The van der Waals surface area contributed by atoms with Gasteiger partial charge in [0.2, 0.25) is 5.91 Å². The predicted octanol–water partition coefficient (Wildman–Crippen LogP) is 4.69. The summed E-state index contributed by atoms with van der Waals surface area (Å²) in [5.41, 5.74) is 1.15. The molecule has 2 N–H and O–H groups in total. The summed E-state index contributed by atoms with van der Waals surface area (Å²) in [5, 5.41) is 9.34. The SMILES string of the molecule is COc1ccc(C(NC(=O)Cn2nc(C(F)F)cc2C)C(=O)Nc2ccc(S(C)(C)C)cc2)cc1. The van der Waals surface area contributed by atoms with Crippen molar-refractivity contribution in [3.63, 3.8) is 0 Å². The van der Waals surface area contributed by atoms with Gasteiger partial charge in [-0.3, -0.25) is 14.3 Å². The molecule has 0 saturated heterocycles. The Morgan fingerprint density at radius 3 is 2.20 bits per heavy atom. The number of hydrogen-bond donors (Lipinski definition) is 2. The van der Waals surface area contributed by atoms with Gasteiger partial charge in [0.05, 0.1) is 7.11 Å². The van der Waals surface area contributed by atoms with Crippen LogP contribution in [-0.4, -0.2) is 47.5 Å². The van der Waals surface area contributed by atoms with E-state index >= 15 is 0 Å². The van der Waals surface area contributed by atoms with Crippen LogP contribution in [0.1, 0.15) is 29.4 Å². The second kappa shape index (κ2) is 10.9. The Balaban J connectivity index is 1.80. The van der Waals surface area contributed by atoms with Gasteiger partial charge in [-0.25, -0.2) is 18.8 Å². The van der Waals surface area contributed by atoms with Crippen molar-refractivity contribution in [1.82, 2.24) is 15.1 Å². The van der Waals surface area contributed by atoms with Gasteiger partial charge in [-0.1, -0.05) is 12.1 Å². The average Bonchev–Trinajstić information content (AvgIpc) is 3.17. The highest BCUT2D eigenvalue weighted by Crippen LogP contribution is 2.45. The van der Waals surface area contributed by atoms with Crippen LogP contribution in [0.4, 0.5) is 14.5 Å². The van der Waals surface area contributed by atoms with Gasteiger partial charge in [-0.05, 0) is 78.6 Å². The van der Waals surface area contributed by atoms with Gasteiger partial charge in [0.25, 0.3) is 12.3 Å². The minimum absolute atomic E-state index is 0.304. The number of methoxy groups -OCH3 is 1. The fourth-order valence-electron chi connectivity index (χ4n) is 3.40. The first-order valence-electron chi connectivity index (χ1n) is 10.8. The normalized spacial score (nSPS) is 12.8. The Hall–Kier alpha value is -3.40. The van der Waals surface area contributed by atoms with E-state index in [4.69, 9.17) is 4.74 Å². The van der Waals surface area contributed by atoms with Crippen LogP contribution in [0, 0.1) is 6.92 Å². The van der Waals surface area contributed by atoms with E-state index in [-0.39, 0.29) is 6.54 Å². The van der Waals surface area contributed by atoms with Crippen LogP contribution in [0.5, 0.6) is 5.75 Å². The third-order valence-electron chi connectivity index (χ3n) is 5.36. The van der Waals surface area contributed by atoms with Crippen LogP contribution >= 0.6 is 10.0 Å². The molecule has 0 saturated carbocycles. The van der Waals surface area contributed by atoms with Gasteiger partial charge in [-0.15, -0.1) is 0 Å². The number of halogens is 2. The number of ether oxygens (including phenoxy) is 1. The predicted molar refractivity (Wildman–Crippen MR) is 134 cm³/mol. The first kappa shape index (κ1) is 26.2. The number of rotatable bonds is 9. The van der Waals surface area contributed by atoms with Crippen molar-refractivity contribution in [3.05, 3.63) is 71.5 Å². The zero-order valence-corrected chi connectivity index (χ0v) is 21.2. The topological polar surface area (TPSA) is 85.2 Å². The molecule has 3 aromatic rings. The van der Waals surface area contributed by atoms with Crippen molar-refractivity contribution in [2.45, 2.75) is 30.8 Å². The maximum atomic E-state index is 13.2. The minimum atomic E-state index is -2.73. The summed E-state index contributed by atoms with van der Waals surface area (Å²) in [4.78, 5) is 27.2. The van der Waals surface area contributed by atoms with Crippen molar-refractivity contribution in [3.8, 4) is 5.75 Å². The van der Waals surface area contributed by atoms with Crippen molar-refractivity contribution < 1.29 is 23.1 Å². The fourth-order valence-corrected chi connectivity index (χ4v) is 4.36. The summed E-state index contributed by atoms with van der Waals surface area (Å²) in [7, 11) is 0.628. The molecule has 2 aromatic carbocycles. The monoisotopic (exact) mass is 504 g/mol. The van der Waals surface area contributed by atoms with E-state index in [1.54, 1.807) is 31.2 Å². The highest BCUT2D eigenvalue weighted by atomic mass is 32.3. The maximum absolute atomic E-state index is 13.2. The molecule has 35 heavy (non-hydrogen) atoms. The molecule has 0 aliphatic rings. The summed E-state index contributed by atoms with van der Waals surface area (Å²) in [6.07, 6.45) is 3.81. The molecule has 0 aliphatic heterocycles. The summed E-state index contributed by atoms with van der Waals surface area (Å²) >= 11 is 0. The van der Waals surface area contributed by atoms with E-state index in [1.807, 2.05) is 24.3 Å². The standard InChI is InChI=1S/C25H30F2N4O3S/c1-16-14-21(24(26)27)30-31(16)15-22(32)29-23(17-6-10-19(34-2)11-7-17)25(33)28-18-8-12-20(13-9-18)35(3,4)5/h6-14,23-24H,15H2,1-5H3,(H,28,33)(H,29,32). The molecule has 1 aromatic heterocycles. The average molecular weight is 505 g/mol. The Labute approximate surface area is 205 Å². The lowest BCUT2D eigenvalue weighted by molar-refractivity contribution is -0.127. The summed E-state index contributed by atoms with van der Waals surface area (Å²) in [6, 6.07) is 14.6. The highest BCUT2D eigenvalue weighted by Gasteiger charge is 2.24. The Kier molecular flexibility index (Phi) is 8.16. The zero-order chi connectivity index (χ0) is 25.8. The lowest BCUT2D eigenvalue weighted by Gasteiger charge is -2.26. The Morgan fingerprint density at radius 1 is 1.06 bits per heavy atom. The van der Waals surface area contributed by atoms with Crippen LogP contribution < -0.4 is 15.4 Å². The molecular formula is C25H30F2N4O3S. The largest absolute Gasteiger partial charge is 0.497 e. The molecule has 188 valence electrons. The number of alkyl halides is 2. The number of aryl methyl sites for hydroxylation is 1. The number of carbonyl (C=O) groups excluding carboxylic acids is 2. The maximum Gasteiger partial charge on any atom is 0.282 e. The molecule has 0 spiro atoms. The van der Waals surface area contributed by atoms with E-state index < -0.39 is 40.0 Å². The smallest absolute Gasteiger partial charge is 0.282 e. The summed E-state index contributed by atoms with van der Waals surface area (Å²) < 4.78 is 32.3. The number of nitrogens with zero attached hydrogens (tertiary/aromatic N) is 2. The molecule has 7 nitrogen and oxygen atoms in total. The molecule has 0 radical (unpaired) electrons. The molecule has 10 heteroatoms. The quantitative estimate of drug-likeness (QED) is 0.443. The first-order chi connectivity index (χ1) is 16.5. The number of nitrogens with one attached hydrogen (secondary N) is 2.